The SMILES string of the molecule is CC(C)(C)OC(=O)N1CCC(C(=O)NCc2ccc(N3CCOCC3)nc2)CC1. The van der Waals surface area contributed by atoms with E-state index in [9.17, 15) is 9.59 Å². The average molecular weight is 405 g/mol. The number of pyridine rings is 1. The minimum absolute atomic E-state index is 0.0334. The van der Waals surface area contributed by atoms with E-state index < -0.39 is 5.60 Å². The molecule has 0 spiro atoms. The number of carbonyl (C=O) groups is 2. The zero-order chi connectivity index (χ0) is 20.9. The Bertz CT molecular complexity index is 688. The van der Waals surface area contributed by atoms with E-state index in [0.717, 1.165) is 37.7 Å². The highest BCUT2D eigenvalue weighted by atomic mass is 16.6. The van der Waals surface area contributed by atoms with Crippen LogP contribution in [0, 0.1) is 5.92 Å². The van der Waals surface area contributed by atoms with Crippen molar-refractivity contribution in [2.75, 3.05) is 44.3 Å². The molecule has 1 aromatic rings. The molecule has 0 aromatic carbocycles. The number of anilines is 1. The summed E-state index contributed by atoms with van der Waals surface area (Å²) in [6.45, 7) is 10.3. The van der Waals surface area contributed by atoms with Gasteiger partial charge in [-0.05, 0) is 45.2 Å². The number of piperidine rings is 1. The number of hydrogen-bond donors (Lipinski definition) is 1. The lowest BCUT2D eigenvalue weighted by Crippen LogP contribution is -2.44. The second-order valence-corrected chi connectivity index (χ2v) is 8.58. The van der Waals surface area contributed by atoms with Gasteiger partial charge in [-0.2, -0.15) is 0 Å². The van der Waals surface area contributed by atoms with Gasteiger partial charge in [0, 0.05) is 44.8 Å². The van der Waals surface area contributed by atoms with Gasteiger partial charge in [-0.1, -0.05) is 6.07 Å². The van der Waals surface area contributed by atoms with Crippen molar-refractivity contribution in [3.8, 4) is 0 Å². The van der Waals surface area contributed by atoms with Crippen LogP contribution in [0.4, 0.5) is 10.6 Å². The summed E-state index contributed by atoms with van der Waals surface area (Å²) in [6.07, 6.45) is 2.82. The fourth-order valence-corrected chi connectivity index (χ4v) is 3.49. The molecular formula is C21H32N4O4. The van der Waals surface area contributed by atoms with Gasteiger partial charge in [0.15, 0.2) is 0 Å². The second kappa shape index (κ2) is 9.43. The summed E-state index contributed by atoms with van der Waals surface area (Å²) in [6, 6.07) is 4.00. The number of hydrogen-bond acceptors (Lipinski definition) is 6. The lowest BCUT2D eigenvalue weighted by molar-refractivity contribution is -0.126. The first kappa shape index (κ1) is 21.4. The minimum atomic E-state index is -0.503. The lowest BCUT2D eigenvalue weighted by atomic mass is 9.96. The van der Waals surface area contributed by atoms with Crippen LogP contribution in [0.25, 0.3) is 0 Å². The van der Waals surface area contributed by atoms with E-state index >= 15 is 0 Å². The van der Waals surface area contributed by atoms with Crippen molar-refractivity contribution < 1.29 is 19.1 Å². The van der Waals surface area contributed by atoms with E-state index in [1.165, 1.54) is 0 Å². The van der Waals surface area contributed by atoms with Crippen molar-refractivity contribution in [2.24, 2.45) is 5.92 Å². The third-order valence-corrected chi connectivity index (χ3v) is 5.13. The van der Waals surface area contributed by atoms with Crippen molar-refractivity contribution >= 4 is 17.8 Å². The van der Waals surface area contributed by atoms with Crippen LogP contribution < -0.4 is 10.2 Å². The van der Waals surface area contributed by atoms with Gasteiger partial charge < -0.3 is 24.6 Å². The van der Waals surface area contributed by atoms with Crippen molar-refractivity contribution in [3.63, 3.8) is 0 Å². The number of morpholine rings is 1. The highest BCUT2D eigenvalue weighted by molar-refractivity contribution is 5.79. The van der Waals surface area contributed by atoms with E-state index in [1.807, 2.05) is 39.1 Å². The third kappa shape index (κ3) is 6.32. The molecule has 0 unspecified atom stereocenters. The van der Waals surface area contributed by atoms with Crippen LogP contribution in [0.2, 0.25) is 0 Å². The zero-order valence-electron chi connectivity index (χ0n) is 17.6. The van der Waals surface area contributed by atoms with Crippen LogP contribution in [-0.4, -0.2) is 66.9 Å². The molecule has 3 rings (SSSR count). The normalized spacial score (nSPS) is 18.4. The van der Waals surface area contributed by atoms with E-state index in [0.29, 0.717) is 32.5 Å². The fraction of sp³-hybridized carbons (Fsp3) is 0.667. The van der Waals surface area contributed by atoms with E-state index in [1.54, 1.807) is 4.90 Å². The molecule has 0 atom stereocenters. The van der Waals surface area contributed by atoms with Gasteiger partial charge in [-0.25, -0.2) is 9.78 Å². The van der Waals surface area contributed by atoms with Gasteiger partial charge in [-0.15, -0.1) is 0 Å². The molecule has 0 aliphatic carbocycles. The van der Waals surface area contributed by atoms with Gasteiger partial charge in [0.1, 0.15) is 11.4 Å². The number of carbonyl (C=O) groups excluding carboxylic acids is 2. The molecule has 29 heavy (non-hydrogen) atoms. The van der Waals surface area contributed by atoms with Crippen LogP contribution in [-0.2, 0) is 20.8 Å². The minimum Gasteiger partial charge on any atom is -0.444 e. The predicted octanol–water partition coefficient (Wildman–Crippen LogP) is 2.18. The lowest BCUT2D eigenvalue weighted by Gasteiger charge is -2.32. The number of likely N-dealkylation sites (tertiary alicyclic amines) is 1. The Hall–Kier alpha value is -2.35. The van der Waals surface area contributed by atoms with Crippen LogP contribution in [0.15, 0.2) is 18.3 Å². The summed E-state index contributed by atoms with van der Waals surface area (Å²) >= 11 is 0. The summed E-state index contributed by atoms with van der Waals surface area (Å²) in [5, 5.41) is 3.00. The molecule has 8 heteroatoms. The third-order valence-electron chi connectivity index (χ3n) is 5.13. The average Bonchev–Trinajstić information content (AvgIpc) is 2.72. The first-order valence-corrected chi connectivity index (χ1v) is 10.3. The molecule has 160 valence electrons. The zero-order valence-corrected chi connectivity index (χ0v) is 17.6. The van der Waals surface area contributed by atoms with Gasteiger partial charge in [0.25, 0.3) is 0 Å². The smallest absolute Gasteiger partial charge is 0.410 e. The Morgan fingerprint density at radius 2 is 1.86 bits per heavy atom. The van der Waals surface area contributed by atoms with Gasteiger partial charge >= 0.3 is 6.09 Å². The molecule has 3 heterocycles. The first-order valence-electron chi connectivity index (χ1n) is 10.3. The molecule has 2 fully saturated rings. The number of aromatic nitrogens is 1. The molecule has 2 amide bonds. The highest BCUT2D eigenvalue weighted by Crippen LogP contribution is 2.20. The standard InChI is InChI=1S/C21H32N4O4/c1-21(2,3)29-20(27)25-8-6-17(7-9-25)19(26)23-15-16-4-5-18(22-14-16)24-10-12-28-13-11-24/h4-5,14,17H,6-13,15H2,1-3H3,(H,23,26). The highest BCUT2D eigenvalue weighted by Gasteiger charge is 2.29. The van der Waals surface area contributed by atoms with Crippen molar-refractivity contribution in [1.82, 2.24) is 15.2 Å². The maximum Gasteiger partial charge on any atom is 0.410 e. The van der Waals surface area contributed by atoms with Crippen LogP contribution >= 0.6 is 0 Å². The monoisotopic (exact) mass is 404 g/mol. The van der Waals surface area contributed by atoms with Crippen molar-refractivity contribution in [2.45, 2.75) is 45.8 Å². The Morgan fingerprint density at radius 3 is 2.45 bits per heavy atom. The van der Waals surface area contributed by atoms with Crippen LogP contribution in [0.5, 0.6) is 0 Å². The molecule has 1 aromatic heterocycles. The van der Waals surface area contributed by atoms with Gasteiger partial charge in [-0.3, -0.25) is 4.79 Å². The molecule has 1 N–H and O–H groups in total. The Morgan fingerprint density at radius 1 is 1.17 bits per heavy atom. The summed E-state index contributed by atoms with van der Waals surface area (Å²) in [5.74, 6) is 0.901. The first-order chi connectivity index (χ1) is 13.8. The summed E-state index contributed by atoms with van der Waals surface area (Å²) in [7, 11) is 0. The Labute approximate surface area is 172 Å². The van der Waals surface area contributed by atoms with Crippen LogP contribution in [0.3, 0.4) is 0 Å². The quantitative estimate of drug-likeness (QED) is 0.828. The van der Waals surface area contributed by atoms with E-state index in [2.05, 4.69) is 15.2 Å². The molecule has 2 aliphatic rings. The predicted molar refractivity (Wildman–Crippen MR) is 110 cm³/mol. The molecule has 8 nitrogen and oxygen atoms in total. The molecule has 0 radical (unpaired) electrons. The maximum atomic E-state index is 12.5. The van der Waals surface area contributed by atoms with Crippen molar-refractivity contribution in [3.05, 3.63) is 23.9 Å². The number of nitrogens with zero attached hydrogens (tertiary/aromatic N) is 3. The molecule has 2 saturated heterocycles. The Balaban J connectivity index is 1.41. The molecule has 2 aliphatic heterocycles. The number of amides is 2. The van der Waals surface area contributed by atoms with E-state index in [-0.39, 0.29) is 17.9 Å². The summed E-state index contributed by atoms with van der Waals surface area (Å²) in [4.78, 5) is 33.0. The summed E-state index contributed by atoms with van der Waals surface area (Å²) < 4.78 is 10.8. The molecular weight excluding hydrogens is 372 g/mol. The van der Waals surface area contributed by atoms with Gasteiger partial charge in [0.2, 0.25) is 5.91 Å². The Kier molecular flexibility index (Phi) is 6.95. The topological polar surface area (TPSA) is 84.0 Å². The number of rotatable bonds is 4. The maximum absolute atomic E-state index is 12.5. The van der Waals surface area contributed by atoms with Crippen molar-refractivity contribution in [1.29, 1.82) is 0 Å². The van der Waals surface area contributed by atoms with Crippen LogP contribution in [0.1, 0.15) is 39.2 Å². The number of nitrogens with one attached hydrogen (secondary N) is 1. The molecule has 0 bridgehead atoms. The van der Waals surface area contributed by atoms with E-state index in [4.69, 9.17) is 9.47 Å². The number of ether oxygens (including phenoxy) is 2. The summed E-state index contributed by atoms with van der Waals surface area (Å²) in [5.41, 5.74) is 0.470. The second-order valence-electron chi connectivity index (χ2n) is 8.58. The van der Waals surface area contributed by atoms with Gasteiger partial charge in [0.05, 0.1) is 13.2 Å². The fourth-order valence-electron chi connectivity index (χ4n) is 3.49. The molecule has 0 saturated carbocycles. The largest absolute Gasteiger partial charge is 0.444 e.